The van der Waals surface area contributed by atoms with Gasteiger partial charge < -0.3 is 30.1 Å². The highest BCUT2D eigenvalue weighted by Gasteiger charge is 2.46. The van der Waals surface area contributed by atoms with Crippen molar-refractivity contribution in [3.8, 4) is 0 Å². The van der Waals surface area contributed by atoms with E-state index >= 15 is 0 Å². The van der Waals surface area contributed by atoms with Gasteiger partial charge in [0.05, 0.1) is 18.2 Å². The highest BCUT2D eigenvalue weighted by molar-refractivity contribution is 6.38. The zero-order valence-corrected chi connectivity index (χ0v) is 39.3. The fraction of sp³-hybridized carbons (Fsp3) is 0.612. The normalized spacial score (nSPS) is 20.1. The molecule has 1 saturated carbocycles. The number of aromatic nitrogens is 2. The summed E-state index contributed by atoms with van der Waals surface area (Å²) in [5, 5.41) is 5.67. The SMILES string of the molecule is CCC[C@H](CC(=O)[C@@H]1CN(C(=O)OC(C)(C)C)C[C@@H]1NC(=O)[C@@H]1CCCN1C(=O)[C@H](CC(=O)c1cnccn1)C1CCCCC1)C(=O)C(=O)CCC(=O)N[C@H](C(=O)N(C)C)c1ccccc1. The van der Waals surface area contributed by atoms with E-state index in [9.17, 15) is 43.2 Å². The van der Waals surface area contributed by atoms with Gasteiger partial charge in [-0.05, 0) is 64.4 Å². The molecule has 3 aliphatic rings. The van der Waals surface area contributed by atoms with Crippen molar-refractivity contribution in [3.63, 3.8) is 0 Å². The molecule has 0 radical (unpaired) electrons. The third-order valence-corrected chi connectivity index (χ3v) is 12.8. The first-order chi connectivity index (χ1) is 31.4. The van der Waals surface area contributed by atoms with Gasteiger partial charge in [0, 0.05) is 83.6 Å². The van der Waals surface area contributed by atoms with Gasteiger partial charge in [-0.3, -0.25) is 43.3 Å². The standard InChI is InChI=1S/C49H67N7O10/c1-7-15-33(44(61)39(57)21-22-42(60)53-43(47(64)54(5)6)32-18-12-9-13-19-32)26-40(58)35-29-55(48(65)66-49(2,3)4)30-37(35)52-45(62)38-20-14-25-56(38)46(63)34(31-16-10-8-11-17-31)27-41(59)36-28-50-23-24-51-36/h9,12-13,18-19,23-24,28,31,33-35,37-38,43H,7-8,10-11,14-17,20-22,25-27,29-30H2,1-6H3,(H,52,62)(H,53,60)/t33-,34-,35-,37+,38+,43+/m1/s1. The van der Waals surface area contributed by atoms with Crippen molar-refractivity contribution in [1.82, 2.24) is 35.3 Å². The monoisotopic (exact) mass is 913 g/mol. The Morgan fingerprint density at radius 3 is 2.23 bits per heavy atom. The van der Waals surface area contributed by atoms with Crippen molar-refractivity contribution in [2.75, 3.05) is 33.7 Å². The minimum absolute atomic E-state index is 0.0380. The molecule has 358 valence electrons. The third kappa shape index (κ3) is 13.8. The number of likely N-dealkylation sites (tertiary alicyclic amines) is 2. The molecule has 1 aromatic carbocycles. The van der Waals surface area contributed by atoms with E-state index in [1.165, 1.54) is 28.4 Å². The van der Waals surface area contributed by atoms with Crippen LogP contribution in [0.1, 0.15) is 133 Å². The van der Waals surface area contributed by atoms with Crippen LogP contribution < -0.4 is 10.6 Å². The second-order valence-electron chi connectivity index (χ2n) is 19.1. The third-order valence-electron chi connectivity index (χ3n) is 12.8. The Bertz CT molecular complexity index is 2070. The summed E-state index contributed by atoms with van der Waals surface area (Å²) in [5.41, 5.74) is -0.123. The summed E-state index contributed by atoms with van der Waals surface area (Å²) in [6, 6.07) is 5.88. The van der Waals surface area contributed by atoms with E-state index in [0.29, 0.717) is 31.4 Å². The molecule has 1 aromatic heterocycles. The number of likely N-dealkylation sites (N-methyl/N-ethyl adjacent to an activating group) is 1. The van der Waals surface area contributed by atoms with Gasteiger partial charge in [0.2, 0.25) is 29.4 Å². The summed E-state index contributed by atoms with van der Waals surface area (Å²) < 4.78 is 5.63. The summed E-state index contributed by atoms with van der Waals surface area (Å²) in [6.45, 7) is 7.07. The number of nitrogens with zero attached hydrogens (tertiary/aromatic N) is 5. The molecule has 6 atom stereocenters. The first kappa shape index (κ1) is 51.1. The number of hydrogen-bond acceptors (Lipinski definition) is 12. The largest absolute Gasteiger partial charge is 0.444 e. The minimum atomic E-state index is -1.01. The van der Waals surface area contributed by atoms with E-state index in [2.05, 4.69) is 20.6 Å². The Morgan fingerprint density at radius 1 is 0.879 bits per heavy atom. The van der Waals surface area contributed by atoms with Crippen molar-refractivity contribution >= 4 is 52.9 Å². The number of carbonyl (C=O) groups excluding carboxylic acids is 9. The van der Waals surface area contributed by atoms with Crippen LogP contribution in [0.15, 0.2) is 48.9 Å². The van der Waals surface area contributed by atoms with Crippen molar-refractivity contribution in [1.29, 1.82) is 0 Å². The molecule has 3 heterocycles. The van der Waals surface area contributed by atoms with Crippen molar-refractivity contribution < 1.29 is 47.9 Å². The summed E-state index contributed by atoms with van der Waals surface area (Å²) in [6.07, 6.45) is 8.51. The van der Waals surface area contributed by atoms with Crippen LogP contribution >= 0.6 is 0 Å². The van der Waals surface area contributed by atoms with Crippen LogP contribution in [0.25, 0.3) is 0 Å². The molecule has 0 spiro atoms. The lowest BCUT2D eigenvalue weighted by Crippen LogP contribution is -2.53. The number of carbonyl (C=O) groups is 9. The lowest BCUT2D eigenvalue weighted by atomic mass is 9.77. The number of rotatable bonds is 20. The number of amides is 5. The number of benzene rings is 1. The first-order valence-electron chi connectivity index (χ1n) is 23.4. The highest BCUT2D eigenvalue weighted by atomic mass is 16.6. The first-order valence-corrected chi connectivity index (χ1v) is 23.4. The summed E-state index contributed by atoms with van der Waals surface area (Å²) in [4.78, 5) is 135. The van der Waals surface area contributed by atoms with Gasteiger partial charge in [-0.2, -0.15) is 0 Å². The molecule has 3 fully saturated rings. The van der Waals surface area contributed by atoms with E-state index < -0.39 is 83.2 Å². The Morgan fingerprint density at radius 2 is 1.59 bits per heavy atom. The Balaban J connectivity index is 1.28. The van der Waals surface area contributed by atoms with E-state index in [1.807, 2.05) is 6.92 Å². The zero-order valence-electron chi connectivity index (χ0n) is 39.3. The van der Waals surface area contributed by atoms with Crippen LogP contribution in [0.5, 0.6) is 0 Å². The molecule has 17 heteroatoms. The van der Waals surface area contributed by atoms with Crippen LogP contribution in [0.3, 0.4) is 0 Å². The molecular weight excluding hydrogens is 847 g/mol. The molecule has 2 aliphatic heterocycles. The van der Waals surface area contributed by atoms with Gasteiger partial charge in [0.15, 0.2) is 11.6 Å². The smallest absolute Gasteiger partial charge is 0.410 e. The van der Waals surface area contributed by atoms with Crippen LogP contribution in [0.4, 0.5) is 4.79 Å². The van der Waals surface area contributed by atoms with Crippen molar-refractivity contribution in [3.05, 3.63) is 60.2 Å². The lowest BCUT2D eigenvalue weighted by molar-refractivity contribution is -0.143. The van der Waals surface area contributed by atoms with Crippen LogP contribution in [-0.2, 0) is 38.3 Å². The quantitative estimate of drug-likeness (QED) is 0.135. The molecule has 2 aromatic rings. The van der Waals surface area contributed by atoms with Gasteiger partial charge in [0.25, 0.3) is 0 Å². The topological polar surface area (TPSA) is 222 Å². The molecule has 5 rings (SSSR count). The lowest BCUT2D eigenvalue weighted by Gasteiger charge is -2.34. The van der Waals surface area contributed by atoms with Gasteiger partial charge >= 0.3 is 6.09 Å². The molecule has 2 N–H and O–H groups in total. The summed E-state index contributed by atoms with van der Waals surface area (Å²) in [7, 11) is 3.13. The Labute approximate surface area is 387 Å². The number of ether oxygens (including phenoxy) is 1. The van der Waals surface area contributed by atoms with E-state index in [-0.39, 0.29) is 68.0 Å². The van der Waals surface area contributed by atoms with Crippen molar-refractivity contribution in [2.24, 2.45) is 23.7 Å². The fourth-order valence-corrected chi connectivity index (χ4v) is 9.36. The summed E-state index contributed by atoms with van der Waals surface area (Å²) in [5.74, 6) is -6.75. The summed E-state index contributed by atoms with van der Waals surface area (Å²) >= 11 is 0. The van der Waals surface area contributed by atoms with Gasteiger partial charge in [0.1, 0.15) is 29.2 Å². The number of ketones is 4. The van der Waals surface area contributed by atoms with Crippen molar-refractivity contribution in [2.45, 2.75) is 135 Å². The zero-order chi connectivity index (χ0) is 48.1. The van der Waals surface area contributed by atoms with Crippen LogP contribution in [0.2, 0.25) is 0 Å². The maximum Gasteiger partial charge on any atom is 0.410 e. The number of Topliss-reactive ketones (excluding diaryl/α,β-unsaturated/α-hetero) is 4. The highest BCUT2D eigenvalue weighted by Crippen LogP contribution is 2.36. The van der Waals surface area contributed by atoms with E-state index in [0.717, 1.165) is 32.1 Å². The van der Waals surface area contributed by atoms with Crippen LogP contribution in [0, 0.1) is 23.7 Å². The molecule has 1 aliphatic carbocycles. The fourth-order valence-electron chi connectivity index (χ4n) is 9.36. The Kier molecular flexibility index (Phi) is 18.2. The maximum atomic E-state index is 14.5. The second-order valence-corrected chi connectivity index (χ2v) is 19.1. The predicted molar refractivity (Wildman–Crippen MR) is 242 cm³/mol. The Hall–Kier alpha value is -5.87. The minimum Gasteiger partial charge on any atom is -0.444 e. The van der Waals surface area contributed by atoms with Gasteiger partial charge in [-0.25, -0.2) is 9.78 Å². The van der Waals surface area contributed by atoms with Gasteiger partial charge in [-0.15, -0.1) is 0 Å². The van der Waals surface area contributed by atoms with Crippen LogP contribution in [-0.4, -0.2) is 129 Å². The molecular formula is C49H67N7O10. The molecule has 0 bridgehead atoms. The second kappa shape index (κ2) is 23.5. The molecule has 5 amide bonds. The molecule has 0 unspecified atom stereocenters. The molecule has 17 nitrogen and oxygen atoms in total. The maximum absolute atomic E-state index is 14.5. The molecule has 66 heavy (non-hydrogen) atoms. The predicted octanol–water partition coefficient (Wildman–Crippen LogP) is 4.83. The molecule has 2 saturated heterocycles. The van der Waals surface area contributed by atoms with Gasteiger partial charge in [-0.1, -0.05) is 62.9 Å². The number of nitrogens with one attached hydrogen (secondary N) is 2. The van der Waals surface area contributed by atoms with E-state index in [4.69, 9.17) is 4.74 Å². The van der Waals surface area contributed by atoms with E-state index in [1.54, 1.807) is 70.1 Å². The average molecular weight is 914 g/mol. The number of hydrogen-bond donors (Lipinski definition) is 2. The average Bonchev–Trinajstić information content (AvgIpc) is 3.97.